The Bertz CT molecular complexity index is 328. The van der Waals surface area contributed by atoms with Crippen molar-refractivity contribution in [3.8, 4) is 0 Å². The Morgan fingerprint density at radius 1 is 1.44 bits per heavy atom. The molecule has 0 bridgehead atoms. The smallest absolute Gasteiger partial charge is 0.127 e. The van der Waals surface area contributed by atoms with Crippen LogP contribution in [-0.4, -0.2) is 12.3 Å². The van der Waals surface area contributed by atoms with Gasteiger partial charge in [0.05, 0.1) is 0 Å². The molecular weight excluding hydrogens is 221 g/mol. The van der Waals surface area contributed by atoms with Gasteiger partial charge in [0.25, 0.3) is 0 Å². The van der Waals surface area contributed by atoms with E-state index in [0.717, 1.165) is 22.6 Å². The van der Waals surface area contributed by atoms with Gasteiger partial charge in [-0.15, -0.1) is 11.8 Å². The molecule has 1 aromatic carbocycles. The first-order valence-corrected chi connectivity index (χ1v) is 6.77. The van der Waals surface area contributed by atoms with Crippen molar-refractivity contribution in [2.45, 2.75) is 31.6 Å². The topological polar surface area (TPSA) is 26.0 Å². The zero-order chi connectivity index (χ0) is 12.0. The standard InChI is InChI=1S/C13H20FNS/c1-3-10(2)9-16-13-6-4-5-12(14)11(13)7-8-15/h4-6,10H,3,7-9,15H2,1-2H3. The molecule has 0 spiro atoms. The Hall–Kier alpha value is -0.540. The second-order valence-corrected chi connectivity index (χ2v) is 5.14. The minimum absolute atomic E-state index is 0.125. The monoisotopic (exact) mass is 241 g/mol. The Kier molecular flexibility index (Phi) is 5.85. The number of halogens is 1. The molecule has 0 amide bonds. The van der Waals surface area contributed by atoms with Crippen molar-refractivity contribution in [2.75, 3.05) is 12.3 Å². The summed E-state index contributed by atoms with van der Waals surface area (Å²) in [6.07, 6.45) is 1.78. The molecule has 2 N–H and O–H groups in total. The molecule has 0 aromatic heterocycles. The van der Waals surface area contributed by atoms with Crippen LogP contribution in [0.4, 0.5) is 4.39 Å². The maximum Gasteiger partial charge on any atom is 0.127 e. The number of rotatable bonds is 6. The lowest BCUT2D eigenvalue weighted by molar-refractivity contribution is 0.602. The van der Waals surface area contributed by atoms with E-state index in [1.54, 1.807) is 17.8 Å². The molecule has 3 heteroatoms. The first-order chi connectivity index (χ1) is 7.69. The van der Waals surface area contributed by atoms with Crippen LogP contribution in [-0.2, 0) is 6.42 Å². The molecule has 1 aromatic rings. The van der Waals surface area contributed by atoms with Gasteiger partial charge in [-0.25, -0.2) is 4.39 Å². The van der Waals surface area contributed by atoms with Crippen LogP contribution in [0.2, 0.25) is 0 Å². The molecule has 16 heavy (non-hydrogen) atoms. The predicted octanol–water partition coefficient (Wildman–Crippen LogP) is 3.47. The van der Waals surface area contributed by atoms with Crippen molar-refractivity contribution in [2.24, 2.45) is 11.7 Å². The van der Waals surface area contributed by atoms with Crippen LogP contribution in [0, 0.1) is 11.7 Å². The highest BCUT2D eigenvalue weighted by Gasteiger charge is 2.09. The molecule has 90 valence electrons. The highest BCUT2D eigenvalue weighted by Crippen LogP contribution is 2.27. The first-order valence-electron chi connectivity index (χ1n) is 5.79. The van der Waals surface area contributed by atoms with Gasteiger partial charge in [0.15, 0.2) is 0 Å². The molecular formula is C13H20FNS. The van der Waals surface area contributed by atoms with E-state index in [1.165, 1.54) is 6.07 Å². The Labute approximate surface area is 102 Å². The molecule has 1 nitrogen and oxygen atoms in total. The van der Waals surface area contributed by atoms with Crippen LogP contribution >= 0.6 is 11.8 Å². The number of hydrogen-bond donors (Lipinski definition) is 1. The average Bonchev–Trinajstić information content (AvgIpc) is 2.29. The van der Waals surface area contributed by atoms with E-state index in [1.807, 2.05) is 6.07 Å². The normalized spacial score (nSPS) is 12.8. The van der Waals surface area contributed by atoms with Gasteiger partial charge in [0.1, 0.15) is 5.82 Å². The van der Waals surface area contributed by atoms with Crippen molar-refractivity contribution >= 4 is 11.8 Å². The van der Waals surface area contributed by atoms with Gasteiger partial charge in [-0.3, -0.25) is 0 Å². The summed E-state index contributed by atoms with van der Waals surface area (Å²) < 4.78 is 13.6. The van der Waals surface area contributed by atoms with Gasteiger partial charge in [-0.2, -0.15) is 0 Å². The number of nitrogens with two attached hydrogens (primary N) is 1. The molecule has 0 aliphatic carbocycles. The molecule has 1 atom stereocenters. The maximum absolute atomic E-state index is 13.6. The maximum atomic E-state index is 13.6. The van der Waals surface area contributed by atoms with E-state index in [0.29, 0.717) is 18.9 Å². The summed E-state index contributed by atoms with van der Waals surface area (Å²) in [5.74, 6) is 1.58. The molecule has 0 aliphatic rings. The number of benzene rings is 1. The molecule has 1 unspecified atom stereocenters. The quantitative estimate of drug-likeness (QED) is 0.772. The van der Waals surface area contributed by atoms with Crippen LogP contribution in [0.5, 0.6) is 0 Å². The van der Waals surface area contributed by atoms with Gasteiger partial charge in [-0.1, -0.05) is 26.3 Å². The predicted molar refractivity (Wildman–Crippen MR) is 69.3 cm³/mol. The first kappa shape index (κ1) is 13.5. The van der Waals surface area contributed by atoms with E-state index in [-0.39, 0.29) is 5.82 Å². The summed E-state index contributed by atoms with van der Waals surface area (Å²) in [4.78, 5) is 1.05. The van der Waals surface area contributed by atoms with Crippen molar-refractivity contribution < 1.29 is 4.39 Å². The summed E-state index contributed by atoms with van der Waals surface area (Å²) in [5.41, 5.74) is 6.28. The third-order valence-corrected chi connectivity index (χ3v) is 4.12. The summed E-state index contributed by atoms with van der Waals surface area (Å²) in [6.45, 7) is 4.89. The molecule has 0 saturated carbocycles. The highest BCUT2D eigenvalue weighted by atomic mass is 32.2. The summed E-state index contributed by atoms with van der Waals surface area (Å²) in [6, 6.07) is 5.27. The summed E-state index contributed by atoms with van der Waals surface area (Å²) in [7, 11) is 0. The largest absolute Gasteiger partial charge is 0.330 e. The SMILES string of the molecule is CCC(C)CSc1cccc(F)c1CCN. The van der Waals surface area contributed by atoms with E-state index in [9.17, 15) is 4.39 Å². The number of thioether (sulfide) groups is 1. The molecule has 1 rings (SSSR count). The zero-order valence-electron chi connectivity index (χ0n) is 10.0. The van der Waals surface area contributed by atoms with Crippen LogP contribution < -0.4 is 5.73 Å². The Morgan fingerprint density at radius 2 is 2.19 bits per heavy atom. The summed E-state index contributed by atoms with van der Waals surface area (Å²) in [5, 5.41) is 0. The lowest BCUT2D eigenvalue weighted by atomic mass is 10.1. The van der Waals surface area contributed by atoms with Gasteiger partial charge >= 0.3 is 0 Å². The van der Waals surface area contributed by atoms with Gasteiger partial charge in [0, 0.05) is 16.2 Å². The fourth-order valence-electron chi connectivity index (χ4n) is 1.41. The van der Waals surface area contributed by atoms with Crippen LogP contribution in [0.15, 0.2) is 23.1 Å². The van der Waals surface area contributed by atoms with Gasteiger partial charge in [-0.05, 0) is 31.0 Å². The number of hydrogen-bond acceptors (Lipinski definition) is 2. The Balaban J connectivity index is 2.74. The van der Waals surface area contributed by atoms with E-state index >= 15 is 0 Å². The van der Waals surface area contributed by atoms with Crippen molar-refractivity contribution in [3.05, 3.63) is 29.6 Å². The summed E-state index contributed by atoms with van der Waals surface area (Å²) >= 11 is 1.74. The highest BCUT2D eigenvalue weighted by molar-refractivity contribution is 7.99. The second-order valence-electron chi connectivity index (χ2n) is 4.08. The van der Waals surface area contributed by atoms with Gasteiger partial charge in [0.2, 0.25) is 0 Å². The minimum atomic E-state index is -0.125. The van der Waals surface area contributed by atoms with E-state index < -0.39 is 0 Å². The van der Waals surface area contributed by atoms with E-state index in [4.69, 9.17) is 5.73 Å². The minimum Gasteiger partial charge on any atom is -0.330 e. The van der Waals surface area contributed by atoms with Gasteiger partial charge < -0.3 is 5.73 Å². The fraction of sp³-hybridized carbons (Fsp3) is 0.538. The fourth-order valence-corrected chi connectivity index (χ4v) is 2.66. The average molecular weight is 241 g/mol. The third kappa shape index (κ3) is 3.80. The van der Waals surface area contributed by atoms with E-state index in [2.05, 4.69) is 13.8 Å². The van der Waals surface area contributed by atoms with Crippen molar-refractivity contribution in [1.29, 1.82) is 0 Å². The third-order valence-electron chi connectivity index (χ3n) is 2.69. The Morgan fingerprint density at radius 3 is 2.81 bits per heavy atom. The second kappa shape index (κ2) is 6.92. The molecule has 0 radical (unpaired) electrons. The van der Waals surface area contributed by atoms with Crippen molar-refractivity contribution in [3.63, 3.8) is 0 Å². The lowest BCUT2D eigenvalue weighted by Gasteiger charge is -2.12. The molecule has 0 aliphatic heterocycles. The zero-order valence-corrected chi connectivity index (χ0v) is 10.8. The van der Waals surface area contributed by atoms with Crippen molar-refractivity contribution in [1.82, 2.24) is 0 Å². The van der Waals surface area contributed by atoms with Crippen LogP contribution in [0.1, 0.15) is 25.8 Å². The van der Waals surface area contributed by atoms with Crippen LogP contribution in [0.25, 0.3) is 0 Å². The van der Waals surface area contributed by atoms with Crippen LogP contribution in [0.3, 0.4) is 0 Å². The molecule has 0 saturated heterocycles. The molecule has 0 heterocycles. The lowest BCUT2D eigenvalue weighted by Crippen LogP contribution is -2.06. The molecule has 0 fully saturated rings.